The fourth-order valence-electron chi connectivity index (χ4n) is 1.81. The summed E-state index contributed by atoms with van der Waals surface area (Å²) in [7, 11) is 0. The van der Waals surface area contributed by atoms with E-state index in [0.717, 1.165) is 23.3 Å². The van der Waals surface area contributed by atoms with Gasteiger partial charge in [0.05, 0.1) is 5.69 Å². The zero-order valence-corrected chi connectivity index (χ0v) is 11.3. The summed E-state index contributed by atoms with van der Waals surface area (Å²) in [5.41, 5.74) is 1.64. The van der Waals surface area contributed by atoms with Crippen LogP contribution >= 0.6 is 23.2 Å². The van der Waals surface area contributed by atoms with Crippen LogP contribution in [0.2, 0.25) is 0 Å². The van der Waals surface area contributed by atoms with Gasteiger partial charge in [-0.1, -0.05) is 48.7 Å². The first-order valence-electron chi connectivity index (χ1n) is 5.59. The van der Waals surface area contributed by atoms with Crippen molar-refractivity contribution in [3.8, 4) is 0 Å². The van der Waals surface area contributed by atoms with E-state index in [0.29, 0.717) is 5.69 Å². The van der Waals surface area contributed by atoms with Crippen LogP contribution in [0.3, 0.4) is 0 Å². The average Bonchev–Trinajstić information content (AvgIpc) is 2.56. The van der Waals surface area contributed by atoms with Crippen molar-refractivity contribution in [1.29, 1.82) is 0 Å². The van der Waals surface area contributed by atoms with Crippen molar-refractivity contribution in [2.24, 2.45) is 0 Å². The Kier molecular flexibility index (Phi) is 3.73. The molecule has 94 valence electrons. The van der Waals surface area contributed by atoms with Gasteiger partial charge in [-0.15, -0.1) is 0 Å². The SMILES string of the molecule is CCCc1ccc(N2C(=O)C(Cl)=C(Cl)C2=O)cc1. The lowest BCUT2D eigenvalue weighted by atomic mass is 10.1. The molecule has 1 aliphatic heterocycles. The zero-order valence-electron chi connectivity index (χ0n) is 9.74. The van der Waals surface area contributed by atoms with Gasteiger partial charge in [-0.05, 0) is 24.1 Å². The second kappa shape index (κ2) is 5.12. The molecule has 2 amide bonds. The Morgan fingerprint density at radius 1 is 1.00 bits per heavy atom. The Morgan fingerprint density at radius 2 is 1.50 bits per heavy atom. The van der Waals surface area contributed by atoms with E-state index in [9.17, 15) is 9.59 Å². The molecular formula is C13H11Cl2NO2. The van der Waals surface area contributed by atoms with E-state index in [1.807, 2.05) is 12.1 Å². The van der Waals surface area contributed by atoms with Crippen molar-refractivity contribution in [3.63, 3.8) is 0 Å². The number of imide groups is 1. The fraction of sp³-hybridized carbons (Fsp3) is 0.231. The third kappa shape index (κ3) is 2.16. The quantitative estimate of drug-likeness (QED) is 0.799. The van der Waals surface area contributed by atoms with E-state index in [1.54, 1.807) is 12.1 Å². The molecule has 3 nitrogen and oxygen atoms in total. The molecular weight excluding hydrogens is 273 g/mol. The summed E-state index contributed by atoms with van der Waals surface area (Å²) < 4.78 is 0. The summed E-state index contributed by atoms with van der Waals surface area (Å²) >= 11 is 11.3. The molecule has 5 heteroatoms. The number of carbonyl (C=O) groups excluding carboxylic acids is 2. The highest BCUT2D eigenvalue weighted by Gasteiger charge is 2.37. The predicted octanol–water partition coefficient (Wildman–Crippen LogP) is 3.20. The van der Waals surface area contributed by atoms with Gasteiger partial charge in [0.25, 0.3) is 11.8 Å². The number of nitrogens with zero attached hydrogens (tertiary/aromatic N) is 1. The van der Waals surface area contributed by atoms with Crippen LogP contribution in [0, 0.1) is 0 Å². The molecule has 0 atom stereocenters. The highest BCUT2D eigenvalue weighted by atomic mass is 35.5. The molecule has 0 saturated carbocycles. The Morgan fingerprint density at radius 3 is 1.94 bits per heavy atom. The van der Waals surface area contributed by atoms with Crippen LogP contribution in [0.25, 0.3) is 0 Å². The lowest BCUT2D eigenvalue weighted by molar-refractivity contribution is -0.120. The van der Waals surface area contributed by atoms with Crippen LogP contribution in [0.15, 0.2) is 34.3 Å². The van der Waals surface area contributed by atoms with Crippen molar-refractivity contribution in [3.05, 3.63) is 39.9 Å². The van der Waals surface area contributed by atoms with Gasteiger partial charge >= 0.3 is 0 Å². The first-order chi connectivity index (χ1) is 8.56. The third-order valence-electron chi connectivity index (χ3n) is 2.71. The predicted molar refractivity (Wildman–Crippen MR) is 71.7 cm³/mol. The summed E-state index contributed by atoms with van der Waals surface area (Å²) in [6.07, 6.45) is 2.00. The lowest BCUT2D eigenvalue weighted by Crippen LogP contribution is -2.30. The van der Waals surface area contributed by atoms with Crippen molar-refractivity contribution >= 4 is 40.7 Å². The molecule has 1 aliphatic rings. The van der Waals surface area contributed by atoms with Crippen LogP contribution in [-0.2, 0) is 16.0 Å². The van der Waals surface area contributed by atoms with Gasteiger partial charge in [-0.3, -0.25) is 9.59 Å². The minimum absolute atomic E-state index is 0.223. The van der Waals surface area contributed by atoms with Crippen molar-refractivity contribution < 1.29 is 9.59 Å². The molecule has 2 rings (SSSR count). The Bertz CT molecular complexity index is 510. The molecule has 1 aromatic rings. The van der Waals surface area contributed by atoms with Gasteiger partial charge in [0.2, 0.25) is 0 Å². The van der Waals surface area contributed by atoms with Crippen molar-refractivity contribution in [1.82, 2.24) is 0 Å². The molecule has 18 heavy (non-hydrogen) atoms. The van der Waals surface area contributed by atoms with E-state index in [-0.39, 0.29) is 10.1 Å². The third-order valence-corrected chi connectivity index (χ3v) is 3.51. The van der Waals surface area contributed by atoms with Gasteiger partial charge in [0, 0.05) is 0 Å². The number of hydrogen-bond donors (Lipinski definition) is 0. The van der Waals surface area contributed by atoms with E-state index < -0.39 is 11.8 Å². The number of anilines is 1. The van der Waals surface area contributed by atoms with Crippen molar-refractivity contribution in [2.45, 2.75) is 19.8 Å². The van der Waals surface area contributed by atoms with Crippen LogP contribution in [0.4, 0.5) is 5.69 Å². The molecule has 0 N–H and O–H groups in total. The second-order valence-electron chi connectivity index (χ2n) is 3.99. The number of aryl methyl sites for hydroxylation is 1. The smallest absolute Gasteiger partial charge is 0.267 e. The molecule has 0 spiro atoms. The number of amides is 2. The molecule has 0 unspecified atom stereocenters. The maximum absolute atomic E-state index is 11.8. The highest BCUT2D eigenvalue weighted by Crippen LogP contribution is 2.31. The summed E-state index contributed by atoms with van der Waals surface area (Å²) in [6.45, 7) is 2.09. The average molecular weight is 284 g/mol. The number of hydrogen-bond acceptors (Lipinski definition) is 2. The monoisotopic (exact) mass is 283 g/mol. The zero-order chi connectivity index (χ0) is 13.3. The van der Waals surface area contributed by atoms with Crippen molar-refractivity contribution in [2.75, 3.05) is 4.90 Å². The van der Waals surface area contributed by atoms with Gasteiger partial charge in [-0.25, -0.2) is 4.90 Å². The van der Waals surface area contributed by atoms with E-state index in [2.05, 4.69) is 6.92 Å². The lowest BCUT2D eigenvalue weighted by Gasteiger charge is -2.14. The van der Waals surface area contributed by atoms with Gasteiger partial charge in [0.1, 0.15) is 10.1 Å². The Labute approximate surface area is 115 Å². The van der Waals surface area contributed by atoms with Gasteiger partial charge in [-0.2, -0.15) is 0 Å². The number of rotatable bonds is 3. The van der Waals surface area contributed by atoms with Gasteiger partial charge in [0.15, 0.2) is 0 Å². The maximum Gasteiger partial charge on any atom is 0.278 e. The normalized spacial score (nSPS) is 15.8. The molecule has 0 aromatic heterocycles. The number of carbonyl (C=O) groups is 2. The molecule has 0 radical (unpaired) electrons. The Hall–Kier alpha value is -1.32. The summed E-state index contributed by atoms with van der Waals surface area (Å²) in [4.78, 5) is 24.5. The maximum atomic E-state index is 11.8. The molecule has 0 fully saturated rings. The Balaban J connectivity index is 2.29. The molecule has 0 saturated heterocycles. The fourth-order valence-corrected chi connectivity index (χ4v) is 2.14. The molecule has 0 aliphatic carbocycles. The summed E-state index contributed by atoms with van der Waals surface area (Å²) in [6, 6.07) is 7.22. The second-order valence-corrected chi connectivity index (χ2v) is 4.75. The largest absolute Gasteiger partial charge is 0.278 e. The first kappa shape index (κ1) is 13.1. The summed E-state index contributed by atoms with van der Waals surface area (Å²) in [5, 5.41) is -0.446. The minimum atomic E-state index is -0.574. The highest BCUT2D eigenvalue weighted by molar-refractivity contribution is 6.62. The van der Waals surface area contributed by atoms with Crippen LogP contribution in [0.5, 0.6) is 0 Å². The first-order valence-corrected chi connectivity index (χ1v) is 6.34. The van der Waals surface area contributed by atoms with E-state index in [4.69, 9.17) is 23.2 Å². The van der Waals surface area contributed by atoms with E-state index in [1.165, 1.54) is 0 Å². The summed E-state index contributed by atoms with van der Waals surface area (Å²) in [5.74, 6) is -1.15. The minimum Gasteiger partial charge on any atom is -0.267 e. The van der Waals surface area contributed by atoms with Gasteiger partial charge < -0.3 is 0 Å². The van der Waals surface area contributed by atoms with Crippen LogP contribution in [0.1, 0.15) is 18.9 Å². The molecule has 1 aromatic carbocycles. The molecule has 0 bridgehead atoms. The number of halogens is 2. The standard InChI is InChI=1S/C13H11Cl2NO2/c1-2-3-8-4-6-9(7-5-8)16-12(17)10(14)11(15)13(16)18/h4-7H,2-3H2,1H3. The molecule has 1 heterocycles. The topological polar surface area (TPSA) is 37.4 Å². The number of benzene rings is 1. The van der Waals surface area contributed by atoms with Crippen LogP contribution in [-0.4, -0.2) is 11.8 Å². The van der Waals surface area contributed by atoms with Crippen LogP contribution < -0.4 is 4.90 Å². The van der Waals surface area contributed by atoms with E-state index >= 15 is 0 Å².